The first-order chi connectivity index (χ1) is 7.81. The molecule has 0 spiro atoms. The van der Waals surface area contributed by atoms with Crippen molar-refractivity contribution in [3.63, 3.8) is 0 Å². The molecule has 0 radical (unpaired) electrons. The van der Waals surface area contributed by atoms with Crippen molar-refractivity contribution in [3.8, 4) is 11.3 Å². The lowest BCUT2D eigenvalue weighted by Gasteiger charge is -2.04. The topological polar surface area (TPSA) is 34.9 Å². The van der Waals surface area contributed by atoms with Gasteiger partial charge in [0.1, 0.15) is 0 Å². The predicted octanol–water partition coefficient (Wildman–Crippen LogP) is 2.15. The molecule has 0 aliphatic heterocycles. The second-order valence-electron chi connectivity index (χ2n) is 3.33. The van der Waals surface area contributed by atoms with Gasteiger partial charge in [0.25, 0.3) is 5.56 Å². The van der Waals surface area contributed by atoms with Crippen molar-refractivity contribution >= 4 is 11.6 Å². The molecule has 0 aliphatic rings. The van der Waals surface area contributed by atoms with E-state index in [-0.39, 0.29) is 5.56 Å². The van der Waals surface area contributed by atoms with Gasteiger partial charge in [0.2, 0.25) is 0 Å². The van der Waals surface area contributed by atoms with Crippen LogP contribution in [-0.4, -0.2) is 15.7 Å². The van der Waals surface area contributed by atoms with Crippen molar-refractivity contribution in [1.82, 2.24) is 9.78 Å². The van der Waals surface area contributed by atoms with Crippen LogP contribution in [0.1, 0.15) is 0 Å². The van der Waals surface area contributed by atoms with Crippen LogP contribution in [0.2, 0.25) is 0 Å². The first kappa shape index (κ1) is 10.9. The second-order valence-corrected chi connectivity index (χ2v) is 3.71. The number of benzene rings is 1. The SMILES string of the molecule is O=c1ccc(-c2ccccc2)nn1CCCl. The second kappa shape index (κ2) is 4.94. The minimum atomic E-state index is -0.125. The zero-order valence-electron chi connectivity index (χ0n) is 8.64. The summed E-state index contributed by atoms with van der Waals surface area (Å²) in [5.74, 6) is 0.380. The Morgan fingerprint density at radius 3 is 2.56 bits per heavy atom. The highest BCUT2D eigenvalue weighted by Crippen LogP contribution is 2.13. The Hall–Kier alpha value is -1.61. The van der Waals surface area contributed by atoms with Gasteiger partial charge in [-0.2, -0.15) is 5.10 Å². The molecular weight excluding hydrogens is 224 g/mol. The summed E-state index contributed by atoms with van der Waals surface area (Å²) in [7, 11) is 0. The van der Waals surface area contributed by atoms with Crippen molar-refractivity contribution in [2.24, 2.45) is 0 Å². The third-order valence-electron chi connectivity index (χ3n) is 2.23. The van der Waals surface area contributed by atoms with Crippen LogP contribution in [0.4, 0.5) is 0 Å². The van der Waals surface area contributed by atoms with Crippen LogP contribution in [-0.2, 0) is 6.54 Å². The Morgan fingerprint density at radius 1 is 1.12 bits per heavy atom. The largest absolute Gasteiger partial charge is 0.268 e. The fourth-order valence-corrected chi connectivity index (χ4v) is 1.61. The maximum absolute atomic E-state index is 11.4. The van der Waals surface area contributed by atoms with Crippen LogP contribution >= 0.6 is 11.6 Å². The number of aromatic nitrogens is 2. The standard InChI is InChI=1S/C12H11ClN2O/c13-8-9-15-12(16)7-6-11(14-15)10-4-2-1-3-5-10/h1-7H,8-9H2. The van der Waals surface area contributed by atoms with Crippen LogP contribution in [0.5, 0.6) is 0 Å². The number of aryl methyl sites for hydroxylation is 1. The molecule has 1 aromatic carbocycles. The van der Waals surface area contributed by atoms with Crippen molar-refractivity contribution in [3.05, 3.63) is 52.8 Å². The van der Waals surface area contributed by atoms with E-state index in [0.29, 0.717) is 12.4 Å². The molecule has 82 valence electrons. The van der Waals surface area contributed by atoms with Gasteiger partial charge >= 0.3 is 0 Å². The van der Waals surface area contributed by atoms with E-state index in [1.165, 1.54) is 10.7 Å². The molecule has 0 amide bonds. The molecule has 0 unspecified atom stereocenters. The molecule has 3 nitrogen and oxygen atoms in total. The van der Waals surface area contributed by atoms with Crippen molar-refractivity contribution in [2.45, 2.75) is 6.54 Å². The summed E-state index contributed by atoms with van der Waals surface area (Å²) < 4.78 is 1.38. The van der Waals surface area contributed by atoms with Gasteiger partial charge in [0.15, 0.2) is 0 Å². The zero-order valence-corrected chi connectivity index (χ0v) is 9.39. The minimum Gasteiger partial charge on any atom is -0.268 e. The molecule has 0 bridgehead atoms. The number of alkyl halides is 1. The van der Waals surface area contributed by atoms with E-state index in [4.69, 9.17) is 11.6 Å². The fourth-order valence-electron chi connectivity index (χ4n) is 1.45. The molecule has 0 fully saturated rings. The number of hydrogen-bond donors (Lipinski definition) is 0. The fraction of sp³-hybridized carbons (Fsp3) is 0.167. The van der Waals surface area contributed by atoms with E-state index >= 15 is 0 Å². The Balaban J connectivity index is 2.44. The summed E-state index contributed by atoms with van der Waals surface area (Å²) in [6.07, 6.45) is 0. The number of halogens is 1. The summed E-state index contributed by atoms with van der Waals surface area (Å²) in [5, 5.41) is 4.25. The van der Waals surface area contributed by atoms with Crippen LogP contribution in [0, 0.1) is 0 Å². The Bertz CT molecular complexity index is 522. The Kier molecular flexibility index (Phi) is 3.37. The van der Waals surface area contributed by atoms with Crippen molar-refractivity contribution < 1.29 is 0 Å². The quantitative estimate of drug-likeness (QED) is 0.763. The number of rotatable bonds is 3. The lowest BCUT2D eigenvalue weighted by molar-refractivity contribution is 0.623. The summed E-state index contributed by atoms with van der Waals surface area (Å²) in [6, 6.07) is 13.0. The Labute approximate surface area is 98.3 Å². The molecule has 16 heavy (non-hydrogen) atoms. The van der Waals surface area contributed by atoms with Crippen LogP contribution in [0.15, 0.2) is 47.3 Å². The molecule has 2 rings (SSSR count). The molecule has 0 saturated heterocycles. The summed E-state index contributed by atoms with van der Waals surface area (Å²) in [5.41, 5.74) is 1.65. The Morgan fingerprint density at radius 2 is 1.88 bits per heavy atom. The van der Waals surface area contributed by atoms with Gasteiger partial charge in [-0.05, 0) is 6.07 Å². The number of nitrogens with zero attached hydrogens (tertiary/aromatic N) is 2. The van der Waals surface area contributed by atoms with E-state index in [1.807, 2.05) is 30.3 Å². The molecule has 0 aliphatic carbocycles. The van der Waals surface area contributed by atoms with E-state index < -0.39 is 0 Å². The third kappa shape index (κ3) is 2.31. The minimum absolute atomic E-state index is 0.125. The summed E-state index contributed by atoms with van der Waals surface area (Å²) in [4.78, 5) is 11.4. The first-order valence-electron chi connectivity index (χ1n) is 5.01. The van der Waals surface area contributed by atoms with E-state index in [2.05, 4.69) is 5.10 Å². The highest BCUT2D eigenvalue weighted by molar-refractivity contribution is 6.17. The van der Waals surface area contributed by atoms with Crippen molar-refractivity contribution in [1.29, 1.82) is 0 Å². The molecule has 4 heteroatoms. The average molecular weight is 235 g/mol. The maximum Gasteiger partial charge on any atom is 0.266 e. The van der Waals surface area contributed by atoms with Gasteiger partial charge in [0, 0.05) is 17.5 Å². The lowest BCUT2D eigenvalue weighted by atomic mass is 10.1. The highest BCUT2D eigenvalue weighted by Gasteiger charge is 2.01. The molecule has 0 saturated carbocycles. The monoisotopic (exact) mass is 234 g/mol. The molecule has 0 N–H and O–H groups in total. The molecule has 2 aromatic rings. The summed E-state index contributed by atoms with van der Waals surface area (Å²) in [6.45, 7) is 0.432. The van der Waals surface area contributed by atoms with Crippen molar-refractivity contribution in [2.75, 3.05) is 5.88 Å². The van der Waals surface area contributed by atoms with Gasteiger partial charge in [-0.25, -0.2) is 4.68 Å². The molecule has 1 aromatic heterocycles. The van der Waals surface area contributed by atoms with Gasteiger partial charge in [0.05, 0.1) is 12.2 Å². The normalized spacial score (nSPS) is 10.3. The molecule has 1 heterocycles. The van der Waals surface area contributed by atoms with E-state index in [9.17, 15) is 4.79 Å². The zero-order chi connectivity index (χ0) is 11.4. The third-order valence-corrected chi connectivity index (χ3v) is 2.40. The molecule has 0 atom stereocenters. The van der Waals surface area contributed by atoms with Gasteiger partial charge in [-0.3, -0.25) is 4.79 Å². The van der Waals surface area contributed by atoms with Gasteiger partial charge in [-0.1, -0.05) is 30.3 Å². The van der Waals surface area contributed by atoms with E-state index in [0.717, 1.165) is 11.3 Å². The maximum atomic E-state index is 11.4. The number of hydrogen-bond acceptors (Lipinski definition) is 2. The first-order valence-corrected chi connectivity index (χ1v) is 5.54. The van der Waals surface area contributed by atoms with Crippen LogP contribution in [0.3, 0.4) is 0 Å². The average Bonchev–Trinajstić information content (AvgIpc) is 2.33. The highest BCUT2D eigenvalue weighted by atomic mass is 35.5. The predicted molar refractivity (Wildman–Crippen MR) is 64.7 cm³/mol. The lowest BCUT2D eigenvalue weighted by Crippen LogP contribution is -2.22. The van der Waals surface area contributed by atoms with E-state index in [1.54, 1.807) is 6.07 Å². The summed E-state index contributed by atoms with van der Waals surface area (Å²) >= 11 is 5.61. The van der Waals surface area contributed by atoms with Crippen LogP contribution < -0.4 is 5.56 Å². The smallest absolute Gasteiger partial charge is 0.266 e. The van der Waals surface area contributed by atoms with Gasteiger partial charge < -0.3 is 0 Å². The van der Waals surface area contributed by atoms with Crippen LogP contribution in [0.25, 0.3) is 11.3 Å². The van der Waals surface area contributed by atoms with Gasteiger partial charge in [-0.15, -0.1) is 11.6 Å². The molecular formula is C12H11ClN2O.